The lowest BCUT2D eigenvalue weighted by molar-refractivity contribution is -0.144. The van der Waals surface area contributed by atoms with Crippen LogP contribution in [-0.4, -0.2) is 51.5 Å². The van der Waals surface area contributed by atoms with Crippen LogP contribution in [0.15, 0.2) is 36.4 Å². The highest BCUT2D eigenvalue weighted by atomic mass is 16.5. The van der Waals surface area contributed by atoms with Crippen LogP contribution in [0, 0.1) is 23.7 Å². The van der Waals surface area contributed by atoms with E-state index in [9.17, 15) is 14.4 Å². The summed E-state index contributed by atoms with van der Waals surface area (Å²) in [5.74, 6) is 0.556. The first-order chi connectivity index (χ1) is 14.5. The zero-order chi connectivity index (χ0) is 20.8. The molecule has 1 aliphatic heterocycles. The molecule has 9 heteroatoms. The lowest BCUT2D eigenvalue weighted by Gasteiger charge is -2.16. The first-order valence-corrected chi connectivity index (χ1v) is 9.91. The molecule has 3 amide bonds. The number of carbonyl (C=O) groups is 3. The van der Waals surface area contributed by atoms with Gasteiger partial charge in [-0.05, 0) is 42.5 Å². The van der Waals surface area contributed by atoms with E-state index in [1.165, 1.54) is 0 Å². The molecule has 9 nitrogen and oxygen atoms in total. The monoisotopic (exact) mass is 407 g/mol. The fourth-order valence-electron chi connectivity index (χ4n) is 4.75. The number of benzene rings is 1. The molecule has 1 aromatic heterocycles. The number of ether oxygens (including phenoxy) is 1. The number of imide groups is 1. The van der Waals surface area contributed by atoms with Gasteiger partial charge >= 0.3 is 0 Å². The predicted molar refractivity (Wildman–Crippen MR) is 105 cm³/mol. The van der Waals surface area contributed by atoms with E-state index in [-0.39, 0.29) is 48.6 Å². The first kappa shape index (κ1) is 18.5. The number of nitrogens with zero attached hydrogens (tertiary/aromatic N) is 3. The number of hydrogen-bond acceptors (Lipinski definition) is 6. The van der Waals surface area contributed by atoms with E-state index >= 15 is 0 Å². The van der Waals surface area contributed by atoms with Crippen LogP contribution in [0.4, 0.5) is 0 Å². The summed E-state index contributed by atoms with van der Waals surface area (Å²) in [5, 5.41) is 9.64. The highest BCUT2D eigenvalue weighted by Gasteiger charge is 2.59. The van der Waals surface area contributed by atoms with Gasteiger partial charge in [0.2, 0.25) is 17.7 Å². The minimum absolute atomic E-state index is 0.123. The molecule has 0 radical (unpaired) electrons. The molecule has 2 aromatic rings. The Kier molecular flexibility index (Phi) is 4.38. The Hall–Kier alpha value is -3.49. The molecular formula is C21H21N5O4. The maximum Gasteiger partial charge on any atom is 0.240 e. The average Bonchev–Trinajstić information content (AvgIpc) is 3.54. The van der Waals surface area contributed by atoms with Gasteiger partial charge in [0, 0.05) is 5.56 Å². The summed E-state index contributed by atoms with van der Waals surface area (Å²) >= 11 is 0. The number of fused-ring (bicyclic) bond motifs is 5. The Bertz CT molecular complexity index is 1010. The fourth-order valence-corrected chi connectivity index (χ4v) is 4.75. The molecular weight excluding hydrogens is 386 g/mol. The normalized spacial score (nSPS) is 26.4. The van der Waals surface area contributed by atoms with Gasteiger partial charge in [-0.2, -0.15) is 5.10 Å². The number of allylic oxidation sites excluding steroid dienone is 2. The second-order valence-corrected chi connectivity index (χ2v) is 7.87. The fraction of sp³-hybridized carbons (Fsp3) is 0.381. The van der Waals surface area contributed by atoms with Gasteiger partial charge in [0.15, 0.2) is 5.82 Å². The van der Waals surface area contributed by atoms with Crippen LogP contribution >= 0.6 is 0 Å². The molecule has 4 atom stereocenters. The van der Waals surface area contributed by atoms with Gasteiger partial charge in [-0.3, -0.25) is 24.4 Å². The molecule has 3 aliphatic rings. The second-order valence-electron chi connectivity index (χ2n) is 7.87. The SMILES string of the molecule is COc1ccc(-c2n[nH]c(CNC(=O)CN3C(=O)C4C5C=CC(C5)C4C3=O)n2)cc1. The van der Waals surface area contributed by atoms with Crippen molar-refractivity contribution in [3.05, 3.63) is 42.2 Å². The quantitative estimate of drug-likeness (QED) is 0.543. The Balaban J connectivity index is 1.18. The van der Waals surface area contributed by atoms with Crippen LogP contribution in [0.25, 0.3) is 11.4 Å². The van der Waals surface area contributed by atoms with Gasteiger partial charge in [-0.25, -0.2) is 4.98 Å². The van der Waals surface area contributed by atoms with Crippen LogP contribution in [0.3, 0.4) is 0 Å². The number of carbonyl (C=O) groups excluding carboxylic acids is 3. The molecule has 1 saturated carbocycles. The second kappa shape index (κ2) is 7.08. The largest absolute Gasteiger partial charge is 0.497 e. The number of hydrogen-bond donors (Lipinski definition) is 2. The maximum atomic E-state index is 12.7. The molecule has 4 unspecified atom stereocenters. The van der Waals surface area contributed by atoms with E-state index in [0.29, 0.717) is 11.6 Å². The van der Waals surface area contributed by atoms with Crippen LogP contribution in [0.5, 0.6) is 5.75 Å². The highest BCUT2D eigenvalue weighted by molar-refractivity contribution is 6.08. The molecule has 30 heavy (non-hydrogen) atoms. The Morgan fingerprint density at radius 3 is 2.47 bits per heavy atom. The third-order valence-electron chi connectivity index (χ3n) is 6.20. The summed E-state index contributed by atoms with van der Waals surface area (Å²) in [6.45, 7) is -0.137. The van der Waals surface area contributed by atoms with E-state index in [1.807, 2.05) is 36.4 Å². The van der Waals surface area contributed by atoms with E-state index in [4.69, 9.17) is 4.74 Å². The third kappa shape index (κ3) is 2.97. The predicted octanol–water partition coefficient (Wildman–Crippen LogP) is 0.904. The van der Waals surface area contributed by atoms with Crippen LogP contribution < -0.4 is 10.1 Å². The van der Waals surface area contributed by atoms with Gasteiger partial charge < -0.3 is 10.1 Å². The highest BCUT2D eigenvalue weighted by Crippen LogP contribution is 2.52. The number of H-pyrrole nitrogens is 1. The third-order valence-corrected chi connectivity index (χ3v) is 6.20. The van der Waals surface area contributed by atoms with Crippen molar-refractivity contribution in [3.8, 4) is 17.1 Å². The number of methoxy groups -OCH3 is 1. The van der Waals surface area contributed by atoms with Crippen molar-refractivity contribution >= 4 is 17.7 Å². The topological polar surface area (TPSA) is 117 Å². The lowest BCUT2D eigenvalue weighted by atomic mass is 9.85. The summed E-state index contributed by atoms with van der Waals surface area (Å²) in [6.07, 6.45) is 4.94. The standard InChI is InChI=1S/C21H21N5O4/c1-30-14-6-4-11(5-7-14)19-23-15(24-25-19)9-22-16(27)10-26-20(28)17-12-2-3-13(8-12)18(17)21(26)29/h2-7,12-13,17-18H,8-10H2,1H3,(H,22,27)(H,23,24,25). The summed E-state index contributed by atoms with van der Waals surface area (Å²) in [5.41, 5.74) is 0.813. The van der Waals surface area contributed by atoms with E-state index < -0.39 is 5.91 Å². The van der Waals surface area contributed by atoms with Gasteiger partial charge in [0.25, 0.3) is 0 Å². The van der Waals surface area contributed by atoms with E-state index in [0.717, 1.165) is 22.6 Å². The molecule has 2 heterocycles. The van der Waals surface area contributed by atoms with Crippen molar-refractivity contribution in [1.29, 1.82) is 0 Å². The number of nitrogens with one attached hydrogen (secondary N) is 2. The minimum atomic E-state index is -0.403. The molecule has 1 aromatic carbocycles. The van der Waals surface area contributed by atoms with Crippen LogP contribution in [0.1, 0.15) is 12.2 Å². The van der Waals surface area contributed by atoms with Crippen molar-refractivity contribution in [2.24, 2.45) is 23.7 Å². The van der Waals surface area contributed by atoms with E-state index in [2.05, 4.69) is 20.5 Å². The van der Waals surface area contributed by atoms with E-state index in [1.54, 1.807) is 7.11 Å². The summed E-state index contributed by atoms with van der Waals surface area (Å²) in [6, 6.07) is 7.31. The minimum Gasteiger partial charge on any atom is -0.497 e. The molecule has 154 valence electrons. The number of aromatic nitrogens is 3. The van der Waals surface area contributed by atoms with Gasteiger partial charge in [-0.1, -0.05) is 12.2 Å². The zero-order valence-corrected chi connectivity index (χ0v) is 16.4. The van der Waals surface area contributed by atoms with Crippen molar-refractivity contribution in [1.82, 2.24) is 25.4 Å². The van der Waals surface area contributed by atoms with Gasteiger partial charge in [0.1, 0.15) is 18.1 Å². The van der Waals surface area contributed by atoms with Crippen LogP contribution in [-0.2, 0) is 20.9 Å². The van der Waals surface area contributed by atoms with Crippen molar-refractivity contribution in [2.45, 2.75) is 13.0 Å². The number of amides is 3. The lowest BCUT2D eigenvalue weighted by Crippen LogP contribution is -2.41. The Morgan fingerprint density at radius 2 is 1.83 bits per heavy atom. The van der Waals surface area contributed by atoms with Crippen molar-refractivity contribution < 1.29 is 19.1 Å². The molecule has 2 fully saturated rings. The van der Waals surface area contributed by atoms with Crippen molar-refractivity contribution in [2.75, 3.05) is 13.7 Å². The Labute approximate surface area is 172 Å². The molecule has 5 rings (SSSR count). The number of likely N-dealkylation sites (tertiary alicyclic amines) is 1. The smallest absolute Gasteiger partial charge is 0.240 e. The van der Waals surface area contributed by atoms with Gasteiger partial charge in [-0.15, -0.1) is 0 Å². The van der Waals surface area contributed by atoms with Crippen LogP contribution in [0.2, 0.25) is 0 Å². The summed E-state index contributed by atoms with van der Waals surface area (Å²) in [7, 11) is 1.60. The molecule has 2 aliphatic carbocycles. The zero-order valence-electron chi connectivity index (χ0n) is 16.4. The molecule has 2 N–H and O–H groups in total. The summed E-state index contributed by atoms with van der Waals surface area (Å²) in [4.78, 5) is 43.2. The first-order valence-electron chi connectivity index (χ1n) is 9.91. The molecule has 1 saturated heterocycles. The van der Waals surface area contributed by atoms with Crippen molar-refractivity contribution in [3.63, 3.8) is 0 Å². The number of aromatic amines is 1. The number of rotatable bonds is 6. The molecule has 0 spiro atoms. The molecule has 2 bridgehead atoms. The van der Waals surface area contributed by atoms with Gasteiger partial charge in [0.05, 0.1) is 25.5 Å². The maximum absolute atomic E-state index is 12.7. The average molecular weight is 407 g/mol. The summed E-state index contributed by atoms with van der Waals surface area (Å²) < 4.78 is 5.13. The Morgan fingerprint density at radius 1 is 1.17 bits per heavy atom.